The second kappa shape index (κ2) is 7.60. The average Bonchev–Trinajstić information content (AvgIpc) is 2.50. The van der Waals surface area contributed by atoms with Crippen molar-refractivity contribution in [3.63, 3.8) is 0 Å². The van der Waals surface area contributed by atoms with Crippen LogP contribution in [0.4, 0.5) is 15.8 Å². The van der Waals surface area contributed by atoms with Crippen LogP contribution in [0.3, 0.4) is 0 Å². The topological polar surface area (TPSA) is 67.4 Å². The van der Waals surface area contributed by atoms with E-state index < -0.39 is 11.7 Å². The Kier molecular flexibility index (Phi) is 5.54. The van der Waals surface area contributed by atoms with Crippen LogP contribution in [0.5, 0.6) is 5.75 Å². The summed E-state index contributed by atoms with van der Waals surface area (Å²) in [7, 11) is 0. The molecule has 2 rings (SSSR count). The maximum atomic E-state index is 13.5. The molecule has 2 N–H and O–H groups in total. The maximum absolute atomic E-state index is 13.5. The molecule has 7 heteroatoms. The summed E-state index contributed by atoms with van der Waals surface area (Å²) >= 11 is 5.74. The molecule has 0 saturated heterocycles. The van der Waals surface area contributed by atoms with Crippen LogP contribution in [0.25, 0.3) is 0 Å². The maximum Gasteiger partial charge on any atom is 0.262 e. The highest BCUT2D eigenvalue weighted by Gasteiger charge is 2.08. The number of ether oxygens (including phenoxy) is 1. The van der Waals surface area contributed by atoms with E-state index in [4.69, 9.17) is 16.3 Å². The van der Waals surface area contributed by atoms with Gasteiger partial charge >= 0.3 is 0 Å². The summed E-state index contributed by atoms with van der Waals surface area (Å²) in [4.78, 5) is 22.7. The molecule has 0 aliphatic rings. The van der Waals surface area contributed by atoms with Crippen molar-refractivity contribution in [1.82, 2.24) is 0 Å². The summed E-state index contributed by atoms with van der Waals surface area (Å²) in [5.41, 5.74) is 0.613. The Balaban J connectivity index is 1.89. The first kappa shape index (κ1) is 16.8. The predicted molar refractivity (Wildman–Crippen MR) is 86.3 cm³/mol. The SMILES string of the molecule is CC(=O)Nc1ccc(OCC(=O)Nc2cc(Cl)ccc2F)cc1. The third kappa shape index (κ3) is 5.27. The minimum atomic E-state index is -0.581. The molecule has 0 atom stereocenters. The number of anilines is 2. The lowest BCUT2D eigenvalue weighted by Gasteiger charge is -2.09. The van der Waals surface area contributed by atoms with E-state index in [0.717, 1.165) is 0 Å². The zero-order valence-electron chi connectivity index (χ0n) is 12.2. The molecule has 2 aromatic rings. The first-order valence-corrected chi connectivity index (χ1v) is 7.07. The van der Waals surface area contributed by atoms with Crippen molar-refractivity contribution in [2.75, 3.05) is 17.2 Å². The van der Waals surface area contributed by atoms with Gasteiger partial charge in [0.05, 0.1) is 5.69 Å². The number of nitrogens with one attached hydrogen (secondary N) is 2. The number of hydrogen-bond donors (Lipinski definition) is 2. The number of benzene rings is 2. The van der Waals surface area contributed by atoms with E-state index in [0.29, 0.717) is 16.5 Å². The van der Waals surface area contributed by atoms with E-state index in [1.54, 1.807) is 24.3 Å². The van der Waals surface area contributed by atoms with Crippen molar-refractivity contribution < 1.29 is 18.7 Å². The second-order valence-corrected chi connectivity index (χ2v) is 5.10. The highest BCUT2D eigenvalue weighted by atomic mass is 35.5. The van der Waals surface area contributed by atoms with Crippen LogP contribution < -0.4 is 15.4 Å². The van der Waals surface area contributed by atoms with Gasteiger partial charge in [-0.25, -0.2) is 4.39 Å². The summed E-state index contributed by atoms with van der Waals surface area (Å²) < 4.78 is 18.8. The van der Waals surface area contributed by atoms with Crippen molar-refractivity contribution in [3.8, 4) is 5.75 Å². The zero-order valence-corrected chi connectivity index (χ0v) is 13.0. The van der Waals surface area contributed by atoms with Gasteiger partial charge in [-0.15, -0.1) is 0 Å². The normalized spacial score (nSPS) is 10.0. The molecule has 0 heterocycles. The number of amides is 2. The molecule has 2 amide bonds. The molecule has 23 heavy (non-hydrogen) atoms. The van der Waals surface area contributed by atoms with E-state index in [1.165, 1.54) is 25.1 Å². The van der Waals surface area contributed by atoms with Gasteiger partial charge in [-0.2, -0.15) is 0 Å². The minimum Gasteiger partial charge on any atom is -0.484 e. The fraction of sp³-hybridized carbons (Fsp3) is 0.125. The smallest absolute Gasteiger partial charge is 0.262 e. The molecule has 0 bridgehead atoms. The lowest BCUT2D eigenvalue weighted by Crippen LogP contribution is -2.20. The summed E-state index contributed by atoms with van der Waals surface area (Å²) in [6.07, 6.45) is 0. The third-order valence-corrected chi connectivity index (χ3v) is 2.98. The monoisotopic (exact) mass is 336 g/mol. The molecule has 0 aliphatic heterocycles. The van der Waals surface area contributed by atoms with Gasteiger partial charge in [0.25, 0.3) is 5.91 Å². The third-order valence-electron chi connectivity index (χ3n) is 2.75. The molecular weight excluding hydrogens is 323 g/mol. The van der Waals surface area contributed by atoms with Crippen LogP contribution in [0, 0.1) is 5.82 Å². The van der Waals surface area contributed by atoms with Crippen LogP contribution >= 0.6 is 11.6 Å². The van der Waals surface area contributed by atoms with Gasteiger partial charge in [0.15, 0.2) is 6.61 Å². The second-order valence-electron chi connectivity index (χ2n) is 4.67. The van der Waals surface area contributed by atoms with Crippen LogP contribution in [-0.4, -0.2) is 18.4 Å². The summed E-state index contributed by atoms with van der Waals surface area (Å²) in [6, 6.07) is 10.4. The van der Waals surface area contributed by atoms with E-state index >= 15 is 0 Å². The fourth-order valence-electron chi connectivity index (χ4n) is 1.77. The van der Waals surface area contributed by atoms with Crippen molar-refractivity contribution in [2.45, 2.75) is 6.92 Å². The summed E-state index contributed by atoms with van der Waals surface area (Å²) in [6.45, 7) is 1.12. The van der Waals surface area contributed by atoms with E-state index in [2.05, 4.69) is 10.6 Å². The molecule has 2 aromatic carbocycles. The molecule has 0 fully saturated rings. The number of halogens is 2. The Morgan fingerprint density at radius 3 is 2.48 bits per heavy atom. The number of hydrogen-bond acceptors (Lipinski definition) is 3. The van der Waals surface area contributed by atoms with Crippen LogP contribution in [0.2, 0.25) is 5.02 Å². The quantitative estimate of drug-likeness (QED) is 0.878. The molecule has 5 nitrogen and oxygen atoms in total. The first-order valence-electron chi connectivity index (χ1n) is 6.69. The van der Waals surface area contributed by atoms with Gasteiger partial charge in [0.2, 0.25) is 5.91 Å². The van der Waals surface area contributed by atoms with Gasteiger partial charge in [-0.3, -0.25) is 9.59 Å². The molecule has 0 radical (unpaired) electrons. The van der Waals surface area contributed by atoms with Gasteiger partial charge in [0, 0.05) is 17.6 Å². The molecule has 0 aromatic heterocycles. The molecule has 0 saturated carbocycles. The number of rotatable bonds is 5. The fourth-order valence-corrected chi connectivity index (χ4v) is 1.94. The van der Waals surface area contributed by atoms with Crippen LogP contribution in [0.15, 0.2) is 42.5 Å². The average molecular weight is 337 g/mol. The Morgan fingerprint density at radius 1 is 1.13 bits per heavy atom. The lowest BCUT2D eigenvalue weighted by atomic mass is 10.3. The van der Waals surface area contributed by atoms with E-state index in [9.17, 15) is 14.0 Å². The molecule has 120 valence electrons. The Labute approximate surface area is 137 Å². The van der Waals surface area contributed by atoms with E-state index in [-0.39, 0.29) is 18.2 Å². The van der Waals surface area contributed by atoms with Crippen LogP contribution in [0.1, 0.15) is 6.92 Å². The Morgan fingerprint density at radius 2 is 1.83 bits per heavy atom. The molecular formula is C16H14ClFN2O3. The van der Waals surface area contributed by atoms with Gasteiger partial charge in [-0.1, -0.05) is 11.6 Å². The standard InChI is InChI=1S/C16H14ClFN2O3/c1-10(21)19-12-3-5-13(6-4-12)23-9-16(22)20-15-8-11(17)2-7-14(15)18/h2-8H,9H2,1H3,(H,19,21)(H,20,22). The lowest BCUT2D eigenvalue weighted by molar-refractivity contribution is -0.118. The van der Waals surface area contributed by atoms with Crippen molar-refractivity contribution in [3.05, 3.63) is 53.3 Å². The van der Waals surface area contributed by atoms with E-state index in [1.807, 2.05) is 0 Å². The minimum absolute atomic E-state index is 0.00731. The summed E-state index contributed by atoms with van der Waals surface area (Å²) in [5.74, 6) is -0.832. The molecule has 0 aliphatic carbocycles. The number of carbonyl (C=O) groups is 2. The summed E-state index contributed by atoms with van der Waals surface area (Å²) in [5, 5.41) is 5.31. The zero-order chi connectivity index (χ0) is 16.8. The largest absolute Gasteiger partial charge is 0.484 e. The Hall–Kier alpha value is -2.60. The highest BCUT2D eigenvalue weighted by Crippen LogP contribution is 2.20. The molecule has 0 spiro atoms. The van der Waals surface area contributed by atoms with Crippen molar-refractivity contribution in [2.24, 2.45) is 0 Å². The first-order chi connectivity index (χ1) is 10.9. The van der Waals surface area contributed by atoms with Gasteiger partial charge in [0.1, 0.15) is 11.6 Å². The number of carbonyl (C=O) groups excluding carboxylic acids is 2. The van der Waals surface area contributed by atoms with Crippen LogP contribution in [-0.2, 0) is 9.59 Å². The Bertz CT molecular complexity index is 720. The van der Waals surface area contributed by atoms with Gasteiger partial charge < -0.3 is 15.4 Å². The van der Waals surface area contributed by atoms with Gasteiger partial charge in [-0.05, 0) is 42.5 Å². The van der Waals surface area contributed by atoms with Crippen molar-refractivity contribution in [1.29, 1.82) is 0 Å². The molecule has 0 unspecified atom stereocenters. The highest BCUT2D eigenvalue weighted by molar-refractivity contribution is 6.30. The predicted octanol–water partition coefficient (Wildman–Crippen LogP) is 3.46. The van der Waals surface area contributed by atoms with Crippen molar-refractivity contribution >= 4 is 34.8 Å².